The van der Waals surface area contributed by atoms with E-state index >= 15 is 0 Å². The topological polar surface area (TPSA) is 0 Å². The third-order valence-electron chi connectivity index (χ3n) is 0.903. The summed E-state index contributed by atoms with van der Waals surface area (Å²) in [4.78, 5) is 0.637. The van der Waals surface area contributed by atoms with Crippen LogP contribution in [0.25, 0.3) is 0 Å². The van der Waals surface area contributed by atoms with Gasteiger partial charge in [0, 0.05) is 9.37 Å². The third-order valence-corrected chi connectivity index (χ3v) is 1.88. The van der Waals surface area contributed by atoms with Crippen LogP contribution in [0.3, 0.4) is 0 Å². The normalized spacial score (nSPS) is 9.56. The maximum atomic E-state index is 11.8. The highest BCUT2D eigenvalue weighted by Gasteiger charge is 1.89. The van der Waals surface area contributed by atoms with Crippen LogP contribution in [0.4, 0.5) is 3.89 Å². The van der Waals surface area contributed by atoms with E-state index in [0.717, 1.165) is 4.47 Å². The molecule has 9 heavy (non-hydrogen) atoms. The lowest BCUT2D eigenvalue weighted by molar-refractivity contribution is 0.934. The molecule has 0 atom stereocenters. The molecule has 1 aromatic rings. The Morgan fingerprint density at radius 3 is 2.22 bits per heavy atom. The quantitative estimate of drug-likeness (QED) is 0.679. The van der Waals surface area contributed by atoms with Gasteiger partial charge in [0.25, 0.3) is 0 Å². The Morgan fingerprint density at radius 2 is 1.78 bits per heavy atom. The molecule has 0 nitrogen and oxygen atoms in total. The molecule has 0 aliphatic carbocycles. The van der Waals surface area contributed by atoms with Crippen molar-refractivity contribution in [1.29, 1.82) is 0 Å². The van der Waals surface area contributed by atoms with E-state index in [1.54, 1.807) is 12.1 Å². The van der Waals surface area contributed by atoms with E-state index in [-0.39, 0.29) is 12.1 Å². The molecule has 0 saturated heterocycles. The van der Waals surface area contributed by atoms with E-state index in [0.29, 0.717) is 4.90 Å². The molecular weight excluding hydrogens is 203 g/mol. The summed E-state index contributed by atoms with van der Waals surface area (Å²) >= 11 is 3.50. The van der Waals surface area contributed by atoms with Crippen molar-refractivity contribution in [1.82, 2.24) is 0 Å². The van der Waals surface area contributed by atoms with Crippen LogP contribution in [0.5, 0.6) is 0 Å². The highest BCUT2D eigenvalue weighted by molar-refractivity contribution is 9.10. The highest BCUT2D eigenvalue weighted by atomic mass is 79.9. The SMILES string of the molecule is FSc1ccc(Br)cc1. The molecular formula is C6H4BrFS. The van der Waals surface area contributed by atoms with Crippen LogP contribution in [-0.2, 0) is 0 Å². The van der Waals surface area contributed by atoms with E-state index < -0.39 is 0 Å². The van der Waals surface area contributed by atoms with Crippen molar-refractivity contribution in [2.45, 2.75) is 4.90 Å². The monoisotopic (exact) mass is 206 g/mol. The Kier molecular flexibility index (Phi) is 2.54. The Balaban J connectivity index is 2.88. The molecule has 1 aromatic carbocycles. The van der Waals surface area contributed by atoms with Crippen molar-refractivity contribution in [2.24, 2.45) is 0 Å². The number of hydrogen-bond acceptors (Lipinski definition) is 1. The molecule has 0 saturated carbocycles. The number of benzene rings is 1. The fourth-order valence-electron chi connectivity index (χ4n) is 0.486. The van der Waals surface area contributed by atoms with Gasteiger partial charge < -0.3 is 0 Å². The summed E-state index contributed by atoms with van der Waals surface area (Å²) in [7, 11) is 0. The lowest BCUT2D eigenvalue weighted by Gasteiger charge is -1.89. The lowest BCUT2D eigenvalue weighted by atomic mass is 10.4. The minimum absolute atomic E-state index is 0.257. The van der Waals surface area contributed by atoms with Crippen molar-refractivity contribution in [2.75, 3.05) is 0 Å². The maximum absolute atomic E-state index is 11.8. The van der Waals surface area contributed by atoms with Crippen LogP contribution in [0.15, 0.2) is 33.6 Å². The van der Waals surface area contributed by atoms with Crippen LogP contribution in [0.2, 0.25) is 0 Å². The average Bonchev–Trinajstić information content (AvgIpc) is 1.90. The van der Waals surface area contributed by atoms with Gasteiger partial charge in [-0.05, 0) is 24.3 Å². The Labute approximate surface area is 65.9 Å². The second kappa shape index (κ2) is 3.22. The van der Waals surface area contributed by atoms with Crippen LogP contribution >= 0.6 is 28.1 Å². The van der Waals surface area contributed by atoms with Gasteiger partial charge in [0.1, 0.15) is 0 Å². The maximum Gasteiger partial charge on any atom is 0.0812 e. The second-order valence-electron chi connectivity index (χ2n) is 1.53. The van der Waals surface area contributed by atoms with E-state index in [2.05, 4.69) is 15.9 Å². The first-order valence-corrected chi connectivity index (χ1v) is 3.88. The molecule has 0 spiro atoms. The first-order chi connectivity index (χ1) is 4.33. The number of hydrogen-bond donors (Lipinski definition) is 0. The summed E-state index contributed by atoms with van der Waals surface area (Å²) in [6, 6.07) is 7.05. The van der Waals surface area contributed by atoms with Crippen molar-refractivity contribution >= 4 is 28.1 Å². The fraction of sp³-hybridized carbons (Fsp3) is 0. The van der Waals surface area contributed by atoms with Gasteiger partial charge in [-0.3, -0.25) is 0 Å². The van der Waals surface area contributed by atoms with Crippen LogP contribution in [-0.4, -0.2) is 0 Å². The Hall–Kier alpha value is -0.0200. The standard InChI is InChI=1S/C6H4BrFS/c7-5-1-3-6(9-8)4-2-5/h1-4H. The summed E-state index contributed by atoms with van der Waals surface area (Å²) in [5, 5.41) is 0. The van der Waals surface area contributed by atoms with Gasteiger partial charge in [-0.25, -0.2) is 0 Å². The Bertz CT molecular complexity index is 185. The van der Waals surface area contributed by atoms with Crippen LogP contribution in [0, 0.1) is 0 Å². The minimum Gasteiger partial charge on any atom is -0.160 e. The van der Waals surface area contributed by atoms with Gasteiger partial charge in [0.05, 0.1) is 12.1 Å². The Morgan fingerprint density at radius 1 is 1.22 bits per heavy atom. The van der Waals surface area contributed by atoms with E-state index in [1.807, 2.05) is 12.1 Å². The zero-order valence-electron chi connectivity index (χ0n) is 4.47. The summed E-state index contributed by atoms with van der Waals surface area (Å²) in [5.41, 5.74) is 0. The summed E-state index contributed by atoms with van der Waals surface area (Å²) in [5.74, 6) is 0. The van der Waals surface area contributed by atoms with Gasteiger partial charge in [0.2, 0.25) is 0 Å². The zero-order valence-corrected chi connectivity index (χ0v) is 6.88. The van der Waals surface area contributed by atoms with Gasteiger partial charge in [0.15, 0.2) is 0 Å². The van der Waals surface area contributed by atoms with Crippen LogP contribution < -0.4 is 0 Å². The molecule has 0 aliphatic rings. The molecule has 0 amide bonds. The average molecular weight is 207 g/mol. The van der Waals surface area contributed by atoms with Gasteiger partial charge in [-0.1, -0.05) is 15.9 Å². The first kappa shape index (κ1) is 7.09. The predicted octanol–water partition coefficient (Wildman–Crippen LogP) is 3.43. The lowest BCUT2D eigenvalue weighted by Crippen LogP contribution is -1.64. The molecule has 0 heterocycles. The molecule has 0 radical (unpaired) electrons. The fourth-order valence-corrected chi connectivity index (χ4v) is 0.989. The van der Waals surface area contributed by atoms with Crippen molar-refractivity contribution in [3.8, 4) is 0 Å². The molecule has 0 aromatic heterocycles. The molecule has 0 aliphatic heterocycles. The largest absolute Gasteiger partial charge is 0.160 e. The smallest absolute Gasteiger partial charge is 0.0812 e. The number of rotatable bonds is 1. The third kappa shape index (κ3) is 1.99. The van der Waals surface area contributed by atoms with E-state index in [9.17, 15) is 3.89 Å². The zero-order chi connectivity index (χ0) is 6.69. The van der Waals surface area contributed by atoms with Crippen molar-refractivity contribution in [3.05, 3.63) is 28.7 Å². The molecule has 1 rings (SSSR count). The van der Waals surface area contributed by atoms with E-state index in [1.165, 1.54) is 0 Å². The summed E-state index contributed by atoms with van der Waals surface area (Å²) in [6.07, 6.45) is 0. The molecule has 3 heteroatoms. The molecule has 0 bridgehead atoms. The summed E-state index contributed by atoms with van der Waals surface area (Å²) in [6.45, 7) is 0. The minimum atomic E-state index is 0.257. The number of halogens is 2. The first-order valence-electron chi connectivity index (χ1n) is 2.37. The molecule has 0 N–H and O–H groups in total. The van der Waals surface area contributed by atoms with E-state index in [4.69, 9.17) is 0 Å². The molecule has 0 unspecified atom stereocenters. The van der Waals surface area contributed by atoms with Gasteiger partial charge in [-0.2, -0.15) is 3.89 Å². The van der Waals surface area contributed by atoms with Gasteiger partial charge >= 0.3 is 0 Å². The second-order valence-corrected chi connectivity index (χ2v) is 3.07. The highest BCUT2D eigenvalue weighted by Crippen LogP contribution is 2.20. The predicted molar refractivity (Wildman–Crippen MR) is 41.1 cm³/mol. The van der Waals surface area contributed by atoms with Gasteiger partial charge in [-0.15, -0.1) is 0 Å². The van der Waals surface area contributed by atoms with Crippen molar-refractivity contribution < 1.29 is 3.89 Å². The molecule has 0 fully saturated rings. The molecule has 48 valence electrons. The van der Waals surface area contributed by atoms with Crippen molar-refractivity contribution in [3.63, 3.8) is 0 Å². The summed E-state index contributed by atoms with van der Waals surface area (Å²) < 4.78 is 12.7. The van der Waals surface area contributed by atoms with Crippen LogP contribution in [0.1, 0.15) is 0 Å².